The van der Waals surface area contributed by atoms with Crippen molar-refractivity contribution >= 4 is 12.4 Å². The van der Waals surface area contributed by atoms with Crippen molar-refractivity contribution in [3.05, 3.63) is 65.9 Å². The zero-order valence-electron chi connectivity index (χ0n) is 16.9. The standard InChI is InChI=1S/C21H28N6O.ClH/c1-2-7-20(21-22-23-24-27(21)17-19-10-6-15-28-19)26-13-11-25(12-14-26)16-18-8-4-3-5-9-18;/h3-6,8-10,15,20H,2,7,11-14,16-17H2,1H3;1H. The molecule has 1 saturated heterocycles. The largest absolute Gasteiger partial charge is 0.467 e. The van der Waals surface area contributed by atoms with Gasteiger partial charge in [-0.25, -0.2) is 4.68 Å². The molecule has 0 spiro atoms. The van der Waals surface area contributed by atoms with Crippen molar-refractivity contribution in [3.63, 3.8) is 0 Å². The molecular weight excluding hydrogens is 388 g/mol. The fraction of sp³-hybridized carbons (Fsp3) is 0.476. The Morgan fingerprint density at radius 3 is 2.48 bits per heavy atom. The average Bonchev–Trinajstić information content (AvgIpc) is 3.40. The van der Waals surface area contributed by atoms with E-state index >= 15 is 0 Å². The molecular formula is C21H29ClN6O. The summed E-state index contributed by atoms with van der Waals surface area (Å²) in [7, 11) is 0. The van der Waals surface area contributed by atoms with Crippen molar-refractivity contribution in [2.75, 3.05) is 26.2 Å². The molecule has 1 atom stereocenters. The third-order valence-electron chi connectivity index (χ3n) is 5.40. The Kier molecular flexibility index (Phi) is 7.80. The molecule has 1 aliphatic rings. The molecule has 0 N–H and O–H groups in total. The predicted octanol–water partition coefficient (Wildman–Crippen LogP) is 3.40. The second kappa shape index (κ2) is 10.5. The van der Waals surface area contributed by atoms with Crippen LogP contribution in [0.5, 0.6) is 0 Å². The predicted molar refractivity (Wildman–Crippen MR) is 114 cm³/mol. The van der Waals surface area contributed by atoms with Gasteiger partial charge in [0.2, 0.25) is 0 Å². The number of piperazine rings is 1. The molecule has 0 amide bonds. The highest BCUT2D eigenvalue weighted by atomic mass is 35.5. The fourth-order valence-electron chi connectivity index (χ4n) is 3.94. The summed E-state index contributed by atoms with van der Waals surface area (Å²) in [5.41, 5.74) is 1.38. The van der Waals surface area contributed by atoms with Crippen molar-refractivity contribution in [1.29, 1.82) is 0 Å². The lowest BCUT2D eigenvalue weighted by atomic mass is 10.1. The Morgan fingerprint density at radius 2 is 1.79 bits per heavy atom. The van der Waals surface area contributed by atoms with Crippen LogP contribution in [0.1, 0.15) is 43.0 Å². The first kappa shape index (κ1) is 21.5. The zero-order chi connectivity index (χ0) is 19.2. The maximum absolute atomic E-state index is 5.48. The molecule has 156 valence electrons. The summed E-state index contributed by atoms with van der Waals surface area (Å²) in [6.07, 6.45) is 3.84. The summed E-state index contributed by atoms with van der Waals surface area (Å²) < 4.78 is 7.37. The number of furan rings is 1. The average molecular weight is 417 g/mol. The lowest BCUT2D eigenvalue weighted by molar-refractivity contribution is 0.0819. The SMILES string of the molecule is CCCC(c1nnnn1Cc1ccco1)N1CCN(Cc2ccccc2)CC1.Cl. The first-order chi connectivity index (χ1) is 13.8. The molecule has 1 unspecified atom stereocenters. The number of nitrogens with zero attached hydrogens (tertiary/aromatic N) is 6. The normalized spacial score (nSPS) is 16.4. The van der Waals surface area contributed by atoms with Crippen molar-refractivity contribution in [3.8, 4) is 0 Å². The van der Waals surface area contributed by atoms with Crippen LogP contribution >= 0.6 is 12.4 Å². The van der Waals surface area contributed by atoms with Crippen LogP contribution in [0.2, 0.25) is 0 Å². The summed E-state index contributed by atoms with van der Waals surface area (Å²) in [4.78, 5) is 5.07. The number of hydrogen-bond acceptors (Lipinski definition) is 6. The molecule has 0 bridgehead atoms. The monoisotopic (exact) mass is 416 g/mol. The Labute approximate surface area is 178 Å². The topological polar surface area (TPSA) is 63.2 Å². The highest BCUT2D eigenvalue weighted by molar-refractivity contribution is 5.85. The van der Waals surface area contributed by atoms with Crippen molar-refractivity contribution in [1.82, 2.24) is 30.0 Å². The van der Waals surface area contributed by atoms with Gasteiger partial charge in [0, 0.05) is 32.7 Å². The van der Waals surface area contributed by atoms with Gasteiger partial charge in [-0.05, 0) is 34.5 Å². The molecule has 29 heavy (non-hydrogen) atoms. The first-order valence-electron chi connectivity index (χ1n) is 10.1. The van der Waals surface area contributed by atoms with Gasteiger partial charge in [0.1, 0.15) is 12.3 Å². The van der Waals surface area contributed by atoms with Crippen LogP contribution in [-0.4, -0.2) is 56.2 Å². The van der Waals surface area contributed by atoms with Crippen LogP contribution in [0.25, 0.3) is 0 Å². The highest BCUT2D eigenvalue weighted by Gasteiger charge is 2.28. The van der Waals surface area contributed by atoms with Crippen molar-refractivity contribution in [2.45, 2.75) is 38.9 Å². The third-order valence-corrected chi connectivity index (χ3v) is 5.40. The van der Waals surface area contributed by atoms with Gasteiger partial charge >= 0.3 is 0 Å². The van der Waals surface area contributed by atoms with Gasteiger partial charge < -0.3 is 4.42 Å². The maximum Gasteiger partial charge on any atom is 0.168 e. The van der Waals surface area contributed by atoms with E-state index in [-0.39, 0.29) is 18.4 Å². The Balaban J connectivity index is 0.00000240. The molecule has 4 rings (SSSR count). The second-order valence-electron chi connectivity index (χ2n) is 7.38. The smallest absolute Gasteiger partial charge is 0.168 e. The van der Waals surface area contributed by atoms with Crippen LogP contribution in [0.3, 0.4) is 0 Å². The lowest BCUT2D eigenvalue weighted by Gasteiger charge is -2.38. The van der Waals surface area contributed by atoms with Gasteiger partial charge in [-0.1, -0.05) is 43.7 Å². The fourth-order valence-corrected chi connectivity index (χ4v) is 3.94. The Hall–Kier alpha value is -2.22. The summed E-state index contributed by atoms with van der Waals surface area (Å²) in [6.45, 7) is 8.01. The Morgan fingerprint density at radius 1 is 1.00 bits per heavy atom. The van der Waals surface area contributed by atoms with Crippen LogP contribution in [0, 0.1) is 0 Å². The zero-order valence-corrected chi connectivity index (χ0v) is 17.7. The van der Waals surface area contributed by atoms with Crippen LogP contribution < -0.4 is 0 Å². The molecule has 0 radical (unpaired) electrons. The van der Waals surface area contributed by atoms with Crippen molar-refractivity contribution in [2.24, 2.45) is 0 Å². The van der Waals surface area contributed by atoms with Crippen molar-refractivity contribution < 1.29 is 4.42 Å². The third kappa shape index (κ3) is 5.44. The minimum atomic E-state index is 0. The number of rotatable bonds is 8. The van der Waals surface area contributed by atoms with Gasteiger partial charge in [-0.3, -0.25) is 9.80 Å². The van der Waals surface area contributed by atoms with E-state index in [4.69, 9.17) is 4.42 Å². The molecule has 2 aromatic heterocycles. The number of hydrogen-bond donors (Lipinski definition) is 0. The molecule has 0 saturated carbocycles. The van der Waals surface area contributed by atoms with E-state index in [0.29, 0.717) is 6.54 Å². The highest BCUT2D eigenvalue weighted by Crippen LogP contribution is 2.26. The van der Waals surface area contributed by atoms with Gasteiger partial charge in [-0.2, -0.15) is 0 Å². The molecule has 1 aliphatic heterocycles. The van der Waals surface area contributed by atoms with Gasteiger partial charge in [0.25, 0.3) is 0 Å². The quantitative estimate of drug-likeness (QED) is 0.560. The second-order valence-corrected chi connectivity index (χ2v) is 7.38. The molecule has 0 aliphatic carbocycles. The molecule has 3 aromatic rings. The number of halogens is 1. The lowest BCUT2D eigenvalue weighted by Crippen LogP contribution is -2.47. The minimum absolute atomic E-state index is 0. The number of benzene rings is 1. The summed E-state index contributed by atoms with van der Waals surface area (Å²) >= 11 is 0. The van der Waals surface area contributed by atoms with E-state index in [2.05, 4.69) is 62.6 Å². The van der Waals surface area contributed by atoms with E-state index in [1.165, 1.54) is 5.56 Å². The van der Waals surface area contributed by atoms with E-state index in [1.807, 2.05) is 16.8 Å². The summed E-state index contributed by atoms with van der Waals surface area (Å²) in [6, 6.07) is 14.8. The number of tetrazole rings is 1. The van der Waals surface area contributed by atoms with E-state index in [9.17, 15) is 0 Å². The van der Waals surface area contributed by atoms with Crippen LogP contribution in [0.15, 0.2) is 53.1 Å². The molecule has 7 nitrogen and oxygen atoms in total. The molecule has 1 fully saturated rings. The maximum atomic E-state index is 5.48. The summed E-state index contributed by atoms with van der Waals surface area (Å²) in [5.74, 6) is 1.81. The van der Waals surface area contributed by atoms with E-state index in [0.717, 1.165) is 57.2 Å². The van der Waals surface area contributed by atoms with E-state index in [1.54, 1.807) is 6.26 Å². The van der Waals surface area contributed by atoms with Gasteiger partial charge in [0.05, 0.1) is 12.3 Å². The summed E-state index contributed by atoms with van der Waals surface area (Å²) in [5, 5.41) is 12.6. The van der Waals surface area contributed by atoms with Gasteiger partial charge in [-0.15, -0.1) is 17.5 Å². The number of aromatic nitrogens is 4. The van der Waals surface area contributed by atoms with Crippen LogP contribution in [-0.2, 0) is 13.1 Å². The van der Waals surface area contributed by atoms with Gasteiger partial charge in [0.15, 0.2) is 5.82 Å². The molecule has 1 aromatic carbocycles. The molecule has 8 heteroatoms. The minimum Gasteiger partial charge on any atom is -0.467 e. The van der Waals surface area contributed by atoms with E-state index < -0.39 is 0 Å². The molecule has 3 heterocycles. The first-order valence-corrected chi connectivity index (χ1v) is 10.1. The Bertz CT molecular complexity index is 830. The van der Waals surface area contributed by atoms with Crippen LogP contribution in [0.4, 0.5) is 0 Å².